The Kier molecular flexibility index (Phi) is 5.46. The molecule has 0 fully saturated rings. The zero-order valence-electron chi connectivity index (χ0n) is 12.0. The number of hydrogen-bond donors (Lipinski definition) is 2. The summed E-state index contributed by atoms with van der Waals surface area (Å²) >= 11 is 1.45. The third kappa shape index (κ3) is 4.10. The number of nitrogens with one attached hydrogen (secondary N) is 2. The number of nitrogens with zero attached hydrogens (tertiary/aromatic N) is 1. The third-order valence-corrected chi connectivity index (χ3v) is 5.40. The van der Waals surface area contributed by atoms with Gasteiger partial charge in [0.1, 0.15) is 5.01 Å². The lowest BCUT2D eigenvalue weighted by Gasteiger charge is -2.15. The summed E-state index contributed by atoms with van der Waals surface area (Å²) in [5.41, 5.74) is 0.933. The van der Waals surface area contributed by atoms with Gasteiger partial charge in [-0.15, -0.1) is 11.3 Å². The summed E-state index contributed by atoms with van der Waals surface area (Å²) in [7, 11) is -1.72. The standard InChI is InChI=1S/C14H19N3O2S2/c1-3-13(14-16-7-8-20-14)17-21(18,19)12-6-4-5-11(9-12)10-15-2/h4-9,13,15,17H,3,10H2,1-2H3. The van der Waals surface area contributed by atoms with Crippen LogP contribution in [0.3, 0.4) is 0 Å². The maximum atomic E-state index is 12.5. The molecule has 0 radical (unpaired) electrons. The molecule has 2 rings (SSSR count). The van der Waals surface area contributed by atoms with Crippen LogP contribution in [0.2, 0.25) is 0 Å². The van der Waals surface area contributed by atoms with Crippen LogP contribution < -0.4 is 10.0 Å². The second kappa shape index (κ2) is 7.13. The molecule has 1 unspecified atom stereocenters. The highest BCUT2D eigenvalue weighted by Crippen LogP contribution is 2.22. The van der Waals surface area contributed by atoms with E-state index >= 15 is 0 Å². The smallest absolute Gasteiger partial charge is 0.241 e. The first-order valence-electron chi connectivity index (χ1n) is 6.72. The van der Waals surface area contributed by atoms with Gasteiger partial charge in [0, 0.05) is 18.1 Å². The molecule has 0 amide bonds. The molecule has 0 aliphatic carbocycles. The lowest BCUT2D eigenvalue weighted by Crippen LogP contribution is -2.28. The highest BCUT2D eigenvalue weighted by molar-refractivity contribution is 7.89. The molecule has 7 heteroatoms. The molecular formula is C14H19N3O2S2. The van der Waals surface area contributed by atoms with Crippen molar-refractivity contribution in [1.82, 2.24) is 15.0 Å². The van der Waals surface area contributed by atoms with Crippen molar-refractivity contribution in [3.05, 3.63) is 46.4 Å². The van der Waals surface area contributed by atoms with E-state index in [1.807, 2.05) is 25.4 Å². The van der Waals surface area contributed by atoms with Crippen molar-refractivity contribution in [3.8, 4) is 0 Å². The summed E-state index contributed by atoms with van der Waals surface area (Å²) in [4.78, 5) is 4.48. The zero-order valence-corrected chi connectivity index (χ0v) is 13.7. The van der Waals surface area contributed by atoms with E-state index in [1.165, 1.54) is 11.3 Å². The molecule has 0 aliphatic rings. The fraction of sp³-hybridized carbons (Fsp3) is 0.357. The van der Waals surface area contributed by atoms with E-state index < -0.39 is 10.0 Å². The van der Waals surface area contributed by atoms with Gasteiger partial charge < -0.3 is 5.32 Å². The monoisotopic (exact) mass is 325 g/mol. The van der Waals surface area contributed by atoms with Crippen molar-refractivity contribution in [1.29, 1.82) is 0 Å². The number of hydrogen-bond acceptors (Lipinski definition) is 5. The average Bonchev–Trinajstić information content (AvgIpc) is 2.99. The van der Waals surface area contributed by atoms with Gasteiger partial charge in [0.15, 0.2) is 0 Å². The maximum absolute atomic E-state index is 12.5. The highest BCUT2D eigenvalue weighted by atomic mass is 32.2. The molecule has 0 aliphatic heterocycles. The quantitative estimate of drug-likeness (QED) is 0.819. The Bertz CT molecular complexity index is 669. The van der Waals surface area contributed by atoms with Crippen LogP contribution in [0.25, 0.3) is 0 Å². The van der Waals surface area contributed by atoms with Gasteiger partial charge in [-0.1, -0.05) is 19.1 Å². The summed E-state index contributed by atoms with van der Waals surface area (Å²) in [5, 5.41) is 5.65. The summed E-state index contributed by atoms with van der Waals surface area (Å²) in [6.07, 6.45) is 2.34. The van der Waals surface area contributed by atoms with Crippen LogP contribution in [0, 0.1) is 0 Å². The van der Waals surface area contributed by atoms with Crippen LogP contribution in [-0.2, 0) is 16.6 Å². The van der Waals surface area contributed by atoms with Crippen molar-refractivity contribution in [2.75, 3.05) is 7.05 Å². The van der Waals surface area contributed by atoms with Gasteiger partial charge in [-0.25, -0.2) is 18.1 Å². The first-order chi connectivity index (χ1) is 10.1. The predicted molar refractivity (Wildman–Crippen MR) is 84.7 cm³/mol. The Morgan fingerprint density at radius 2 is 2.19 bits per heavy atom. The van der Waals surface area contributed by atoms with Crippen molar-refractivity contribution in [2.24, 2.45) is 0 Å². The molecule has 0 spiro atoms. The molecule has 1 atom stereocenters. The van der Waals surface area contributed by atoms with E-state index in [0.717, 1.165) is 10.6 Å². The van der Waals surface area contributed by atoms with Crippen LogP contribution in [0.15, 0.2) is 40.7 Å². The second-order valence-electron chi connectivity index (χ2n) is 4.63. The Labute approximate surface area is 129 Å². The van der Waals surface area contributed by atoms with E-state index in [4.69, 9.17) is 0 Å². The first kappa shape index (κ1) is 16.1. The maximum Gasteiger partial charge on any atom is 0.241 e. The predicted octanol–water partition coefficient (Wildman–Crippen LogP) is 2.29. The fourth-order valence-corrected chi connectivity index (χ4v) is 4.20. The topological polar surface area (TPSA) is 71.1 Å². The average molecular weight is 325 g/mol. The molecule has 0 saturated carbocycles. The van der Waals surface area contributed by atoms with E-state index in [-0.39, 0.29) is 10.9 Å². The van der Waals surface area contributed by atoms with Gasteiger partial charge in [0.2, 0.25) is 10.0 Å². The van der Waals surface area contributed by atoms with Gasteiger partial charge in [0.05, 0.1) is 10.9 Å². The molecule has 2 aromatic rings. The molecule has 5 nitrogen and oxygen atoms in total. The van der Waals surface area contributed by atoms with Crippen LogP contribution in [0.5, 0.6) is 0 Å². The van der Waals surface area contributed by atoms with Crippen molar-refractivity contribution < 1.29 is 8.42 Å². The molecule has 21 heavy (non-hydrogen) atoms. The number of benzene rings is 1. The molecule has 1 aromatic heterocycles. The van der Waals surface area contributed by atoms with Crippen molar-refractivity contribution >= 4 is 21.4 Å². The van der Waals surface area contributed by atoms with Crippen LogP contribution in [0.4, 0.5) is 0 Å². The van der Waals surface area contributed by atoms with Gasteiger partial charge in [0.25, 0.3) is 0 Å². The molecule has 0 bridgehead atoms. The van der Waals surface area contributed by atoms with E-state index in [9.17, 15) is 8.42 Å². The number of sulfonamides is 1. The molecule has 2 N–H and O–H groups in total. The fourth-order valence-electron chi connectivity index (χ4n) is 2.00. The van der Waals surface area contributed by atoms with Crippen LogP contribution >= 0.6 is 11.3 Å². The summed E-state index contributed by atoms with van der Waals surface area (Å²) < 4.78 is 27.7. The van der Waals surface area contributed by atoms with E-state index in [1.54, 1.807) is 24.4 Å². The van der Waals surface area contributed by atoms with Gasteiger partial charge >= 0.3 is 0 Å². The Hall–Kier alpha value is -1.28. The Morgan fingerprint density at radius 3 is 2.81 bits per heavy atom. The lowest BCUT2D eigenvalue weighted by atomic mass is 10.2. The largest absolute Gasteiger partial charge is 0.316 e. The summed E-state index contributed by atoms with van der Waals surface area (Å²) in [5.74, 6) is 0. The summed E-state index contributed by atoms with van der Waals surface area (Å²) in [6, 6.07) is 6.66. The van der Waals surface area contributed by atoms with Gasteiger partial charge in [-0.2, -0.15) is 0 Å². The Balaban J connectivity index is 2.23. The normalized spacial score (nSPS) is 13.2. The van der Waals surface area contributed by atoms with Crippen molar-refractivity contribution in [3.63, 3.8) is 0 Å². The lowest BCUT2D eigenvalue weighted by molar-refractivity contribution is 0.549. The number of rotatable bonds is 7. The molecule has 0 saturated heterocycles. The van der Waals surface area contributed by atoms with Crippen LogP contribution in [-0.4, -0.2) is 20.4 Å². The Morgan fingerprint density at radius 1 is 1.38 bits per heavy atom. The van der Waals surface area contributed by atoms with Crippen molar-refractivity contribution in [2.45, 2.75) is 30.8 Å². The SMILES string of the molecule is CCC(NS(=O)(=O)c1cccc(CNC)c1)c1nccs1. The zero-order chi connectivity index (χ0) is 15.3. The number of aromatic nitrogens is 1. The molecular weight excluding hydrogens is 306 g/mol. The first-order valence-corrected chi connectivity index (χ1v) is 9.08. The second-order valence-corrected chi connectivity index (χ2v) is 7.27. The van der Waals surface area contributed by atoms with E-state index in [2.05, 4.69) is 15.0 Å². The molecule has 114 valence electrons. The third-order valence-electron chi connectivity index (χ3n) is 3.04. The molecule has 1 heterocycles. The minimum atomic E-state index is -3.55. The summed E-state index contributed by atoms with van der Waals surface area (Å²) in [6.45, 7) is 2.57. The minimum absolute atomic E-state index is 0.283. The van der Waals surface area contributed by atoms with E-state index in [0.29, 0.717) is 13.0 Å². The van der Waals surface area contributed by atoms with Gasteiger partial charge in [-0.3, -0.25) is 0 Å². The van der Waals surface area contributed by atoms with Gasteiger partial charge in [-0.05, 0) is 31.2 Å². The molecule has 1 aromatic carbocycles. The van der Waals surface area contributed by atoms with Crippen LogP contribution in [0.1, 0.15) is 30.0 Å². The minimum Gasteiger partial charge on any atom is -0.316 e. The highest BCUT2D eigenvalue weighted by Gasteiger charge is 2.21. The number of thiazole rings is 1.